The number of benzene rings is 1. The quantitative estimate of drug-likeness (QED) is 0.766. The van der Waals surface area contributed by atoms with E-state index in [1.807, 2.05) is 25.9 Å². The van der Waals surface area contributed by atoms with Gasteiger partial charge in [-0.2, -0.15) is 13.2 Å². The molecule has 94 valence electrons. The highest BCUT2D eigenvalue weighted by atomic mass is 19.4. The topological polar surface area (TPSA) is 3.24 Å². The minimum Gasteiger partial charge on any atom is -0.377 e. The van der Waals surface area contributed by atoms with Crippen molar-refractivity contribution in [2.45, 2.75) is 31.4 Å². The van der Waals surface area contributed by atoms with Gasteiger partial charge in [0.05, 0.1) is 5.41 Å². The molecule has 0 saturated heterocycles. The second-order valence-corrected chi connectivity index (χ2v) is 4.98. The summed E-state index contributed by atoms with van der Waals surface area (Å²) in [6.45, 7) is 1.85. The first-order valence-electron chi connectivity index (χ1n) is 5.63. The fourth-order valence-corrected chi connectivity index (χ4v) is 2.32. The lowest BCUT2D eigenvalue weighted by molar-refractivity contribution is -0.160. The molecule has 17 heavy (non-hydrogen) atoms. The van der Waals surface area contributed by atoms with Crippen LogP contribution in [0.5, 0.6) is 0 Å². The third-order valence-corrected chi connectivity index (χ3v) is 3.52. The van der Waals surface area contributed by atoms with Crippen LogP contribution in [-0.4, -0.2) is 20.3 Å². The van der Waals surface area contributed by atoms with Crippen molar-refractivity contribution in [2.24, 2.45) is 0 Å². The van der Waals surface area contributed by atoms with Gasteiger partial charge in [-0.1, -0.05) is 12.1 Å². The van der Waals surface area contributed by atoms with E-state index in [-0.39, 0.29) is 12.8 Å². The standard InChI is InChI=1S/C13H16F3N/c1-9-8-10(4-5-11(9)17(2)3)12(6-7-12)13(14,15)16/h4-5,8H,6-7H2,1-3H3. The van der Waals surface area contributed by atoms with Crippen molar-refractivity contribution in [1.29, 1.82) is 0 Å². The van der Waals surface area contributed by atoms with Gasteiger partial charge in [-0.15, -0.1) is 0 Å². The van der Waals surface area contributed by atoms with E-state index in [2.05, 4.69) is 0 Å². The van der Waals surface area contributed by atoms with Gasteiger partial charge in [-0.3, -0.25) is 0 Å². The Bertz CT molecular complexity index is 431. The summed E-state index contributed by atoms with van der Waals surface area (Å²) >= 11 is 0. The van der Waals surface area contributed by atoms with Crippen molar-refractivity contribution in [3.05, 3.63) is 29.3 Å². The van der Waals surface area contributed by atoms with Crippen molar-refractivity contribution < 1.29 is 13.2 Å². The Morgan fingerprint density at radius 2 is 1.76 bits per heavy atom. The number of rotatable bonds is 2. The van der Waals surface area contributed by atoms with Crippen LogP contribution in [0, 0.1) is 6.92 Å². The Morgan fingerprint density at radius 1 is 1.18 bits per heavy atom. The first-order valence-corrected chi connectivity index (χ1v) is 5.63. The molecule has 1 nitrogen and oxygen atoms in total. The summed E-state index contributed by atoms with van der Waals surface area (Å²) in [5.41, 5.74) is 0.700. The molecule has 0 heterocycles. The Hall–Kier alpha value is -1.19. The molecule has 0 aromatic heterocycles. The van der Waals surface area contributed by atoms with Crippen molar-refractivity contribution in [3.63, 3.8) is 0 Å². The predicted octanol–water partition coefficient (Wildman–Crippen LogP) is 3.65. The van der Waals surface area contributed by atoms with Crippen molar-refractivity contribution in [1.82, 2.24) is 0 Å². The third-order valence-electron chi connectivity index (χ3n) is 3.52. The number of alkyl halides is 3. The average molecular weight is 243 g/mol. The molecule has 0 radical (unpaired) electrons. The third kappa shape index (κ3) is 1.90. The van der Waals surface area contributed by atoms with Crippen LogP contribution in [0.25, 0.3) is 0 Å². The van der Waals surface area contributed by atoms with E-state index in [9.17, 15) is 13.2 Å². The van der Waals surface area contributed by atoms with Crippen LogP contribution in [0.2, 0.25) is 0 Å². The largest absolute Gasteiger partial charge is 0.398 e. The molecule has 0 aliphatic heterocycles. The molecule has 1 saturated carbocycles. The van der Waals surface area contributed by atoms with Gasteiger partial charge >= 0.3 is 6.18 Å². The first-order chi connectivity index (χ1) is 7.78. The monoisotopic (exact) mass is 243 g/mol. The first kappa shape index (κ1) is 12.3. The predicted molar refractivity (Wildman–Crippen MR) is 62.5 cm³/mol. The maximum Gasteiger partial charge on any atom is 0.398 e. The molecular weight excluding hydrogens is 227 g/mol. The minimum atomic E-state index is -4.13. The number of nitrogens with zero attached hydrogens (tertiary/aromatic N) is 1. The maximum absolute atomic E-state index is 13.0. The number of aryl methyl sites for hydroxylation is 1. The molecule has 0 unspecified atom stereocenters. The molecule has 0 spiro atoms. The zero-order chi connectivity index (χ0) is 12.8. The zero-order valence-electron chi connectivity index (χ0n) is 10.2. The zero-order valence-corrected chi connectivity index (χ0v) is 10.2. The number of halogens is 3. The molecule has 0 amide bonds. The van der Waals surface area contributed by atoms with E-state index in [4.69, 9.17) is 0 Å². The van der Waals surface area contributed by atoms with Gasteiger partial charge in [-0.25, -0.2) is 0 Å². The fraction of sp³-hybridized carbons (Fsp3) is 0.538. The molecule has 2 rings (SSSR count). The number of hydrogen-bond donors (Lipinski definition) is 0. The van der Waals surface area contributed by atoms with E-state index in [1.54, 1.807) is 18.2 Å². The molecule has 1 aliphatic rings. The molecule has 1 aliphatic carbocycles. The fourth-order valence-electron chi connectivity index (χ4n) is 2.32. The summed E-state index contributed by atoms with van der Waals surface area (Å²) in [7, 11) is 3.78. The lowest BCUT2D eigenvalue weighted by Crippen LogP contribution is -2.28. The minimum absolute atomic E-state index is 0.219. The molecule has 0 atom stereocenters. The molecule has 1 fully saturated rings. The van der Waals surface area contributed by atoms with Crippen LogP contribution < -0.4 is 4.90 Å². The smallest absolute Gasteiger partial charge is 0.377 e. The van der Waals surface area contributed by atoms with Gasteiger partial charge in [-0.05, 0) is 37.0 Å². The normalized spacial score (nSPS) is 18.0. The van der Waals surface area contributed by atoms with Gasteiger partial charge in [0, 0.05) is 19.8 Å². The lowest BCUT2D eigenvalue weighted by Gasteiger charge is -2.22. The van der Waals surface area contributed by atoms with Gasteiger partial charge in [0.25, 0.3) is 0 Å². The Labute approximate surface area is 99.2 Å². The van der Waals surface area contributed by atoms with Gasteiger partial charge in [0.15, 0.2) is 0 Å². The van der Waals surface area contributed by atoms with Crippen LogP contribution in [0.1, 0.15) is 24.0 Å². The highest BCUT2D eigenvalue weighted by Crippen LogP contribution is 2.59. The van der Waals surface area contributed by atoms with Crippen molar-refractivity contribution >= 4 is 5.69 Å². The SMILES string of the molecule is Cc1cc(C2(C(F)(F)F)CC2)ccc1N(C)C. The van der Waals surface area contributed by atoms with E-state index >= 15 is 0 Å². The lowest BCUT2D eigenvalue weighted by atomic mass is 9.93. The second kappa shape index (κ2) is 3.65. The summed E-state index contributed by atoms with van der Waals surface area (Å²) in [5.74, 6) is 0. The van der Waals surface area contributed by atoms with Crippen LogP contribution >= 0.6 is 0 Å². The molecule has 0 N–H and O–H groups in total. The van der Waals surface area contributed by atoms with Crippen LogP contribution in [0.3, 0.4) is 0 Å². The van der Waals surface area contributed by atoms with E-state index < -0.39 is 11.6 Å². The summed E-state index contributed by atoms with van der Waals surface area (Å²) in [5, 5.41) is 0. The maximum atomic E-state index is 13.0. The second-order valence-electron chi connectivity index (χ2n) is 4.98. The average Bonchev–Trinajstić information content (AvgIpc) is 2.95. The Balaban J connectivity index is 2.40. The molecule has 1 aromatic rings. The summed E-state index contributed by atoms with van der Waals surface area (Å²) in [6.07, 6.45) is -3.69. The van der Waals surface area contributed by atoms with Gasteiger partial charge < -0.3 is 4.90 Å². The molecule has 0 bridgehead atoms. The van der Waals surface area contributed by atoms with Gasteiger partial charge in [0.1, 0.15) is 0 Å². The Morgan fingerprint density at radius 3 is 2.12 bits per heavy atom. The number of anilines is 1. The van der Waals surface area contributed by atoms with E-state index in [1.165, 1.54) is 0 Å². The Kier molecular flexibility index (Phi) is 2.64. The highest BCUT2D eigenvalue weighted by molar-refractivity contribution is 5.55. The van der Waals surface area contributed by atoms with Crippen LogP contribution in [0.15, 0.2) is 18.2 Å². The summed E-state index contributed by atoms with van der Waals surface area (Å²) in [4.78, 5) is 1.91. The van der Waals surface area contributed by atoms with Gasteiger partial charge in [0.2, 0.25) is 0 Å². The highest BCUT2D eigenvalue weighted by Gasteiger charge is 2.64. The van der Waals surface area contributed by atoms with Crippen molar-refractivity contribution in [3.8, 4) is 0 Å². The number of hydrogen-bond acceptors (Lipinski definition) is 1. The van der Waals surface area contributed by atoms with E-state index in [0.717, 1.165) is 11.3 Å². The summed E-state index contributed by atoms with van der Waals surface area (Å²) in [6, 6.07) is 5.06. The molecular formula is C13H16F3N. The molecule has 1 aromatic carbocycles. The molecule has 4 heteroatoms. The van der Waals surface area contributed by atoms with Crippen LogP contribution in [0.4, 0.5) is 18.9 Å². The van der Waals surface area contributed by atoms with Crippen molar-refractivity contribution in [2.75, 3.05) is 19.0 Å². The van der Waals surface area contributed by atoms with E-state index in [0.29, 0.717) is 5.56 Å². The van der Waals surface area contributed by atoms with Crippen LogP contribution in [-0.2, 0) is 5.41 Å². The summed E-state index contributed by atoms with van der Waals surface area (Å²) < 4.78 is 38.9.